The van der Waals surface area contributed by atoms with Crippen molar-refractivity contribution in [3.8, 4) is 11.1 Å². The summed E-state index contributed by atoms with van der Waals surface area (Å²) in [7, 11) is 0. The molecule has 14 aromatic rings. The van der Waals surface area contributed by atoms with Crippen LogP contribution in [0.15, 0.2) is 376 Å². The standard InChI is InChI=1S/C85H62N6O/c92-85-83-61-79(90(75-49-41-71(42-50-75)86(63-25-9-1-10-26-63)64-27-11-2-12-28-64)76-51-43-72(44-52-76)87(65-29-13-3-14-30-65)66-31-15-4-16-32-66)57-59-81(83)82-60-58-80(62-84(82)85)91(77-53-45-73(46-54-77)88(67-33-17-5-18-34-67)68-35-19-6-20-36-68)78-55-47-74(48-56-78)89(69-37-21-7-22-38-69)70-39-23-8-24-40-70/h1-62H. The zero-order valence-electron chi connectivity index (χ0n) is 50.4. The summed E-state index contributed by atoms with van der Waals surface area (Å²) in [6.45, 7) is 0. The topological polar surface area (TPSA) is 36.5 Å². The summed E-state index contributed by atoms with van der Waals surface area (Å²) < 4.78 is 0. The second-order valence-corrected chi connectivity index (χ2v) is 22.6. The first-order valence-corrected chi connectivity index (χ1v) is 31.0. The van der Waals surface area contributed by atoms with Gasteiger partial charge in [0.1, 0.15) is 0 Å². The van der Waals surface area contributed by atoms with Crippen molar-refractivity contribution in [3.63, 3.8) is 0 Å². The molecule has 0 unspecified atom stereocenters. The fourth-order valence-electron chi connectivity index (χ4n) is 12.6. The summed E-state index contributed by atoms with van der Waals surface area (Å²) in [6.07, 6.45) is 0. The van der Waals surface area contributed by atoms with E-state index in [1.54, 1.807) is 0 Å². The number of para-hydroxylation sites is 8. The van der Waals surface area contributed by atoms with Crippen LogP contribution in [0.25, 0.3) is 11.1 Å². The third kappa shape index (κ3) is 11.2. The van der Waals surface area contributed by atoms with Gasteiger partial charge < -0.3 is 29.4 Å². The minimum atomic E-state index is -0.0274. The number of carbonyl (C=O) groups excluding carboxylic acids is 1. The number of carbonyl (C=O) groups is 1. The minimum absolute atomic E-state index is 0.0274. The number of rotatable bonds is 18. The van der Waals surface area contributed by atoms with Gasteiger partial charge in [-0.25, -0.2) is 0 Å². The highest BCUT2D eigenvalue weighted by Crippen LogP contribution is 2.48. The number of ketones is 1. The van der Waals surface area contributed by atoms with E-state index in [9.17, 15) is 0 Å². The maximum Gasteiger partial charge on any atom is 0.194 e. The van der Waals surface area contributed by atoms with E-state index in [0.29, 0.717) is 11.1 Å². The predicted octanol–water partition coefficient (Wildman–Crippen LogP) is 23.7. The van der Waals surface area contributed by atoms with Crippen molar-refractivity contribution in [2.45, 2.75) is 0 Å². The molecule has 0 amide bonds. The Bertz CT molecular complexity index is 4060. The van der Waals surface area contributed by atoms with Crippen LogP contribution in [0, 0.1) is 0 Å². The van der Waals surface area contributed by atoms with E-state index >= 15 is 4.79 Å². The smallest absolute Gasteiger partial charge is 0.194 e. The monoisotopic (exact) mass is 1180 g/mol. The Hall–Kier alpha value is -12.5. The van der Waals surface area contributed by atoms with E-state index in [-0.39, 0.29) is 5.78 Å². The lowest BCUT2D eigenvalue weighted by Crippen LogP contribution is -2.13. The molecule has 0 N–H and O–H groups in total. The lowest BCUT2D eigenvalue weighted by molar-refractivity contribution is 0.104. The Morgan fingerprint density at radius 2 is 0.261 bits per heavy atom. The molecule has 0 aliphatic heterocycles. The molecule has 1 aliphatic rings. The van der Waals surface area contributed by atoms with Gasteiger partial charge in [0.15, 0.2) is 5.78 Å². The Morgan fingerprint density at radius 1 is 0.130 bits per heavy atom. The molecule has 14 aromatic carbocycles. The molecule has 438 valence electrons. The highest BCUT2D eigenvalue weighted by molar-refractivity contribution is 6.22. The molecular formula is C85H62N6O. The van der Waals surface area contributed by atoms with Crippen LogP contribution < -0.4 is 29.4 Å². The number of anilines is 18. The number of benzene rings is 14. The maximum atomic E-state index is 15.5. The van der Waals surface area contributed by atoms with Crippen LogP contribution in [0.3, 0.4) is 0 Å². The zero-order chi connectivity index (χ0) is 61.6. The molecule has 7 heteroatoms. The second-order valence-electron chi connectivity index (χ2n) is 22.6. The molecule has 0 fully saturated rings. The van der Waals surface area contributed by atoms with E-state index in [0.717, 1.165) is 113 Å². The van der Waals surface area contributed by atoms with Crippen molar-refractivity contribution in [3.05, 3.63) is 387 Å². The van der Waals surface area contributed by atoms with Crippen LogP contribution >= 0.6 is 0 Å². The summed E-state index contributed by atoms with van der Waals surface area (Å²) in [5, 5.41) is 0. The minimum Gasteiger partial charge on any atom is -0.311 e. The Morgan fingerprint density at radius 3 is 0.424 bits per heavy atom. The molecule has 0 saturated carbocycles. The summed E-state index contributed by atoms with van der Waals surface area (Å²) >= 11 is 0. The van der Waals surface area contributed by atoms with Gasteiger partial charge in [0.25, 0.3) is 0 Å². The van der Waals surface area contributed by atoms with Crippen LogP contribution in [0.2, 0.25) is 0 Å². The van der Waals surface area contributed by atoms with Crippen molar-refractivity contribution < 1.29 is 4.79 Å². The summed E-state index contributed by atoms with van der Waals surface area (Å²) in [6, 6.07) is 131. The Kier molecular flexibility index (Phi) is 15.4. The number of fused-ring (bicyclic) bond motifs is 3. The second kappa shape index (κ2) is 25.3. The first-order valence-electron chi connectivity index (χ1n) is 31.0. The first-order chi connectivity index (χ1) is 45.6. The van der Waals surface area contributed by atoms with Gasteiger partial charge in [-0.05, 0) is 230 Å². The molecule has 92 heavy (non-hydrogen) atoms. The van der Waals surface area contributed by atoms with E-state index in [1.807, 2.05) is 48.5 Å². The van der Waals surface area contributed by atoms with Gasteiger partial charge in [-0.1, -0.05) is 158 Å². The average Bonchev–Trinajstić information content (AvgIpc) is 1.57. The van der Waals surface area contributed by atoms with Crippen LogP contribution in [0.5, 0.6) is 0 Å². The maximum absolute atomic E-state index is 15.5. The van der Waals surface area contributed by atoms with Crippen LogP contribution in [-0.2, 0) is 0 Å². The van der Waals surface area contributed by atoms with Gasteiger partial charge in [-0.3, -0.25) is 4.79 Å². The number of hydrogen-bond acceptors (Lipinski definition) is 7. The summed E-state index contributed by atoms with van der Waals surface area (Å²) in [5.74, 6) is -0.0274. The fraction of sp³-hybridized carbons (Fsp3) is 0. The molecule has 0 aromatic heterocycles. The van der Waals surface area contributed by atoms with Crippen LogP contribution in [0.4, 0.5) is 102 Å². The fourth-order valence-corrected chi connectivity index (χ4v) is 12.6. The van der Waals surface area contributed by atoms with Crippen LogP contribution in [-0.4, -0.2) is 5.78 Å². The third-order valence-electron chi connectivity index (χ3n) is 16.9. The lowest BCUT2D eigenvalue weighted by atomic mass is 10.0. The van der Waals surface area contributed by atoms with Gasteiger partial charge in [0, 0.05) is 113 Å². The van der Waals surface area contributed by atoms with Crippen LogP contribution in [0.1, 0.15) is 15.9 Å². The third-order valence-corrected chi connectivity index (χ3v) is 16.9. The molecule has 15 rings (SSSR count). The molecule has 1 aliphatic carbocycles. The van der Waals surface area contributed by atoms with Crippen molar-refractivity contribution in [1.29, 1.82) is 0 Å². The molecule has 0 heterocycles. The van der Waals surface area contributed by atoms with Gasteiger partial charge in [0.05, 0.1) is 0 Å². The highest BCUT2D eigenvalue weighted by Gasteiger charge is 2.30. The van der Waals surface area contributed by atoms with E-state index in [4.69, 9.17) is 0 Å². The molecule has 0 bridgehead atoms. The normalized spacial score (nSPS) is 11.3. The summed E-state index contributed by atoms with van der Waals surface area (Å²) in [4.78, 5) is 29.1. The molecule has 0 atom stereocenters. The molecule has 0 radical (unpaired) electrons. The lowest BCUT2D eigenvalue weighted by Gasteiger charge is -2.29. The van der Waals surface area contributed by atoms with Gasteiger partial charge in [-0.15, -0.1) is 0 Å². The van der Waals surface area contributed by atoms with Gasteiger partial charge >= 0.3 is 0 Å². The van der Waals surface area contributed by atoms with Crippen molar-refractivity contribution in [1.82, 2.24) is 0 Å². The molecule has 7 nitrogen and oxygen atoms in total. The van der Waals surface area contributed by atoms with Gasteiger partial charge in [-0.2, -0.15) is 0 Å². The predicted molar refractivity (Wildman–Crippen MR) is 383 cm³/mol. The van der Waals surface area contributed by atoms with Crippen molar-refractivity contribution in [2.24, 2.45) is 0 Å². The highest BCUT2D eigenvalue weighted by atomic mass is 16.1. The van der Waals surface area contributed by atoms with E-state index in [1.165, 1.54) is 0 Å². The zero-order valence-corrected chi connectivity index (χ0v) is 50.4. The SMILES string of the molecule is O=C1c2cc(N(c3ccc(N(c4ccccc4)c4ccccc4)cc3)c3ccc(N(c4ccccc4)c4ccccc4)cc3)ccc2-c2ccc(N(c3ccc(N(c4ccccc4)c4ccccc4)cc3)c3ccc(N(c4ccccc4)c4ccccc4)cc3)cc21. The van der Waals surface area contributed by atoms with E-state index in [2.05, 4.69) is 357 Å². The van der Waals surface area contributed by atoms with E-state index < -0.39 is 0 Å². The number of nitrogens with zero attached hydrogens (tertiary/aromatic N) is 6. The molecule has 0 spiro atoms. The first kappa shape index (κ1) is 56.1. The largest absolute Gasteiger partial charge is 0.311 e. The van der Waals surface area contributed by atoms with Crippen molar-refractivity contribution in [2.75, 3.05) is 29.4 Å². The van der Waals surface area contributed by atoms with Gasteiger partial charge in [0.2, 0.25) is 0 Å². The Balaban J connectivity index is 0.815. The molecular weight excluding hydrogens is 1120 g/mol. The molecule has 0 saturated heterocycles. The quantitative estimate of drug-likeness (QED) is 0.0847. The number of hydrogen-bond donors (Lipinski definition) is 0. The van der Waals surface area contributed by atoms with Crippen molar-refractivity contribution >= 4 is 108 Å². The summed E-state index contributed by atoms with van der Waals surface area (Å²) in [5.41, 5.74) is 21.1. The Labute approximate surface area is 537 Å². The average molecular weight is 1180 g/mol.